The van der Waals surface area contributed by atoms with Crippen LogP contribution in [0.1, 0.15) is 27.6 Å². The molecule has 1 saturated heterocycles. The number of pyridine rings is 2. The minimum Gasteiger partial charge on any atom is -0.473 e. The third-order valence-electron chi connectivity index (χ3n) is 6.90. The van der Waals surface area contributed by atoms with Crippen LogP contribution in [0.4, 0.5) is 5.82 Å². The highest BCUT2D eigenvalue weighted by atomic mass is 16.5. The van der Waals surface area contributed by atoms with E-state index in [2.05, 4.69) is 24.3 Å². The summed E-state index contributed by atoms with van der Waals surface area (Å²) in [4.78, 5) is 34.9. The van der Waals surface area contributed by atoms with Gasteiger partial charge in [0.25, 0.3) is 0 Å². The van der Waals surface area contributed by atoms with E-state index in [1.54, 1.807) is 30.9 Å². The van der Waals surface area contributed by atoms with E-state index < -0.39 is 0 Å². The van der Waals surface area contributed by atoms with Crippen LogP contribution in [-0.2, 0) is 24.4 Å². The van der Waals surface area contributed by atoms with Gasteiger partial charge in [0.15, 0.2) is 0 Å². The summed E-state index contributed by atoms with van der Waals surface area (Å²) in [6.45, 7) is 4.83. The molecule has 5 aromatic rings. The number of carbonyl (C=O) groups is 1. The first kappa shape index (κ1) is 25.5. The van der Waals surface area contributed by atoms with E-state index in [1.807, 2.05) is 42.5 Å². The monoisotopic (exact) mass is 539 g/mol. The van der Waals surface area contributed by atoms with Crippen LogP contribution in [0.15, 0.2) is 77.8 Å². The molecule has 0 bridgehead atoms. The summed E-state index contributed by atoms with van der Waals surface area (Å²) in [6, 6.07) is 15.1. The zero-order chi connectivity index (χ0) is 27.3. The number of fused-ring (bicyclic) bond motifs is 1. The molecule has 0 unspecified atom stereocenters. The Hall–Kier alpha value is -4.77. The van der Waals surface area contributed by atoms with Crippen molar-refractivity contribution < 1.29 is 18.7 Å². The molecule has 1 aromatic carbocycles. The van der Waals surface area contributed by atoms with Crippen molar-refractivity contribution >= 4 is 22.8 Å². The summed E-state index contributed by atoms with van der Waals surface area (Å²) in [5, 5.41) is 0. The van der Waals surface area contributed by atoms with Gasteiger partial charge >= 0.3 is 5.97 Å². The van der Waals surface area contributed by atoms with E-state index in [0.717, 1.165) is 54.4 Å². The molecule has 204 valence electrons. The Bertz CT molecular complexity index is 1580. The number of anilines is 1. The third-order valence-corrected chi connectivity index (χ3v) is 6.90. The zero-order valence-electron chi connectivity index (χ0n) is 22.1. The topological polar surface area (TPSA) is 112 Å². The van der Waals surface area contributed by atoms with Gasteiger partial charge in [-0.1, -0.05) is 12.1 Å². The van der Waals surface area contributed by atoms with Gasteiger partial charge in [0, 0.05) is 50.2 Å². The minimum atomic E-state index is -0.386. The number of carbonyl (C=O) groups excluding carboxylic acids is 1. The van der Waals surface area contributed by atoms with Gasteiger partial charge < -0.3 is 23.4 Å². The van der Waals surface area contributed by atoms with Crippen molar-refractivity contribution in [1.29, 1.82) is 0 Å². The smallest absolute Gasteiger partial charge is 0.337 e. The number of oxazole rings is 1. The molecule has 1 aliphatic rings. The van der Waals surface area contributed by atoms with Crippen molar-refractivity contribution in [2.45, 2.75) is 19.7 Å². The normalized spacial score (nSPS) is 14.0. The SMILES string of the molecule is COC(=O)c1ccc2nc(CN3CCN(c4cccc(OCc5cccnc5)n4)CC3)n(Cc3ncco3)c2c1. The number of piperazine rings is 1. The van der Waals surface area contributed by atoms with Crippen LogP contribution in [0.3, 0.4) is 0 Å². The number of methoxy groups -OCH3 is 1. The molecule has 0 N–H and O–H groups in total. The van der Waals surface area contributed by atoms with Crippen molar-refractivity contribution in [3.8, 4) is 5.88 Å². The summed E-state index contributed by atoms with van der Waals surface area (Å²) < 4.78 is 18.4. The van der Waals surface area contributed by atoms with Crippen molar-refractivity contribution in [1.82, 2.24) is 29.4 Å². The summed E-state index contributed by atoms with van der Waals surface area (Å²) >= 11 is 0. The molecule has 0 radical (unpaired) electrons. The lowest BCUT2D eigenvalue weighted by molar-refractivity contribution is 0.0601. The Morgan fingerprint density at radius 3 is 2.67 bits per heavy atom. The molecule has 0 aliphatic carbocycles. The fraction of sp³-hybridized carbons (Fsp3) is 0.276. The molecular formula is C29H29N7O4. The summed E-state index contributed by atoms with van der Waals surface area (Å²) in [7, 11) is 1.38. The molecule has 5 heterocycles. The van der Waals surface area contributed by atoms with Crippen LogP contribution < -0.4 is 9.64 Å². The predicted octanol–water partition coefficient (Wildman–Crippen LogP) is 3.55. The van der Waals surface area contributed by atoms with E-state index in [4.69, 9.17) is 23.9 Å². The number of rotatable bonds is 9. The van der Waals surface area contributed by atoms with Crippen molar-refractivity contribution in [3.05, 3.63) is 96.2 Å². The Morgan fingerprint density at radius 2 is 1.90 bits per heavy atom. The molecular weight excluding hydrogens is 510 g/mol. The van der Waals surface area contributed by atoms with Gasteiger partial charge in [0.2, 0.25) is 11.8 Å². The van der Waals surface area contributed by atoms with Gasteiger partial charge in [-0.05, 0) is 30.3 Å². The van der Waals surface area contributed by atoms with E-state index in [-0.39, 0.29) is 5.97 Å². The summed E-state index contributed by atoms with van der Waals surface area (Å²) in [5.74, 6) is 2.56. The van der Waals surface area contributed by atoms with Crippen molar-refractivity contribution in [3.63, 3.8) is 0 Å². The molecule has 0 amide bonds. The lowest BCUT2D eigenvalue weighted by Crippen LogP contribution is -2.46. The van der Waals surface area contributed by atoms with Crippen LogP contribution in [0.25, 0.3) is 11.0 Å². The number of esters is 1. The van der Waals surface area contributed by atoms with Gasteiger partial charge in [-0.3, -0.25) is 9.88 Å². The highest BCUT2D eigenvalue weighted by Gasteiger charge is 2.22. The van der Waals surface area contributed by atoms with Gasteiger partial charge in [0.1, 0.15) is 31.1 Å². The highest BCUT2D eigenvalue weighted by Crippen LogP contribution is 2.23. The second-order valence-electron chi connectivity index (χ2n) is 9.48. The largest absolute Gasteiger partial charge is 0.473 e. The fourth-order valence-corrected chi connectivity index (χ4v) is 4.82. The van der Waals surface area contributed by atoms with Crippen LogP contribution in [0.5, 0.6) is 5.88 Å². The fourth-order valence-electron chi connectivity index (χ4n) is 4.82. The predicted molar refractivity (Wildman–Crippen MR) is 147 cm³/mol. The minimum absolute atomic E-state index is 0.386. The average Bonchev–Trinajstić information content (AvgIpc) is 3.64. The van der Waals surface area contributed by atoms with E-state index in [9.17, 15) is 4.79 Å². The number of imidazole rings is 1. The van der Waals surface area contributed by atoms with Crippen LogP contribution in [0.2, 0.25) is 0 Å². The first-order chi connectivity index (χ1) is 19.7. The second kappa shape index (κ2) is 11.5. The zero-order valence-corrected chi connectivity index (χ0v) is 22.1. The second-order valence-corrected chi connectivity index (χ2v) is 9.48. The van der Waals surface area contributed by atoms with E-state index in [1.165, 1.54) is 7.11 Å². The molecule has 1 aliphatic heterocycles. The molecule has 40 heavy (non-hydrogen) atoms. The number of hydrogen-bond donors (Lipinski definition) is 0. The Balaban J connectivity index is 1.14. The Morgan fingerprint density at radius 1 is 1.00 bits per heavy atom. The van der Waals surface area contributed by atoms with Crippen molar-refractivity contribution in [2.75, 3.05) is 38.2 Å². The Labute approximate surface area is 231 Å². The standard InChI is InChI=1S/C29H29N7O4/c1-38-29(37)22-7-8-23-24(16-22)36(19-28-31-10-15-39-28)26(32-23)18-34-11-13-35(14-12-34)25-5-2-6-27(33-25)40-20-21-4-3-9-30-17-21/h2-10,15-17H,11-14,18-20H2,1H3. The van der Waals surface area contributed by atoms with Crippen molar-refractivity contribution in [2.24, 2.45) is 0 Å². The number of aromatic nitrogens is 5. The van der Waals surface area contributed by atoms with Crippen LogP contribution in [-0.4, -0.2) is 68.7 Å². The van der Waals surface area contributed by atoms with Gasteiger partial charge in [-0.15, -0.1) is 0 Å². The maximum absolute atomic E-state index is 12.2. The maximum atomic E-state index is 12.2. The molecule has 0 saturated carbocycles. The van der Waals surface area contributed by atoms with Crippen LogP contribution >= 0.6 is 0 Å². The first-order valence-electron chi connectivity index (χ1n) is 13.1. The number of hydrogen-bond acceptors (Lipinski definition) is 10. The summed E-state index contributed by atoms with van der Waals surface area (Å²) in [5.41, 5.74) is 3.11. The first-order valence-corrected chi connectivity index (χ1v) is 13.1. The van der Waals surface area contributed by atoms with Gasteiger partial charge in [-0.25, -0.2) is 14.8 Å². The number of benzene rings is 1. The summed E-state index contributed by atoms with van der Waals surface area (Å²) in [6.07, 6.45) is 6.72. The molecule has 0 atom stereocenters. The van der Waals surface area contributed by atoms with Crippen LogP contribution in [0, 0.1) is 0 Å². The van der Waals surface area contributed by atoms with E-state index in [0.29, 0.717) is 37.0 Å². The lowest BCUT2D eigenvalue weighted by atomic mass is 10.2. The molecule has 11 nitrogen and oxygen atoms in total. The number of ether oxygens (including phenoxy) is 2. The molecule has 1 fully saturated rings. The quantitative estimate of drug-likeness (QED) is 0.258. The molecule has 11 heteroatoms. The third kappa shape index (κ3) is 5.64. The molecule has 4 aromatic heterocycles. The van der Waals surface area contributed by atoms with Gasteiger partial charge in [0.05, 0.1) is 36.4 Å². The highest BCUT2D eigenvalue weighted by molar-refractivity contribution is 5.93. The molecule has 0 spiro atoms. The molecule has 6 rings (SSSR count). The van der Waals surface area contributed by atoms with Gasteiger partial charge in [-0.2, -0.15) is 4.98 Å². The number of nitrogens with zero attached hydrogens (tertiary/aromatic N) is 7. The average molecular weight is 540 g/mol. The maximum Gasteiger partial charge on any atom is 0.337 e. The van der Waals surface area contributed by atoms with E-state index >= 15 is 0 Å². The lowest BCUT2D eigenvalue weighted by Gasteiger charge is -2.35. The Kier molecular flexibility index (Phi) is 7.36.